The predicted molar refractivity (Wildman–Crippen MR) is 109 cm³/mol. The van der Waals surface area contributed by atoms with Crippen molar-refractivity contribution in [2.24, 2.45) is 0 Å². The average molecular weight is 393 g/mol. The molecule has 0 spiro atoms. The molecule has 2 aromatic heterocycles. The number of rotatable bonds is 5. The van der Waals surface area contributed by atoms with Gasteiger partial charge in [0, 0.05) is 36.3 Å². The molecule has 3 aromatic rings. The van der Waals surface area contributed by atoms with Crippen LogP contribution >= 0.6 is 0 Å². The number of piperidine rings is 1. The summed E-state index contributed by atoms with van der Waals surface area (Å²) in [5.41, 5.74) is 1.10. The molecule has 0 radical (unpaired) electrons. The highest BCUT2D eigenvalue weighted by molar-refractivity contribution is 5.79. The summed E-state index contributed by atoms with van der Waals surface area (Å²) >= 11 is 0. The van der Waals surface area contributed by atoms with Gasteiger partial charge in [0.05, 0.1) is 7.11 Å². The van der Waals surface area contributed by atoms with Gasteiger partial charge in [-0.3, -0.25) is 14.6 Å². The highest BCUT2D eigenvalue weighted by Crippen LogP contribution is 2.26. The van der Waals surface area contributed by atoms with E-state index in [1.807, 2.05) is 23.1 Å². The van der Waals surface area contributed by atoms with Gasteiger partial charge < -0.3 is 19.4 Å². The molecule has 1 aliphatic heterocycles. The molecule has 1 amide bonds. The average Bonchev–Trinajstić information content (AvgIpc) is 2.78. The third kappa shape index (κ3) is 4.23. The normalized spacial score (nSPS) is 16.6. The van der Waals surface area contributed by atoms with Gasteiger partial charge in [-0.2, -0.15) is 0 Å². The SMILES string of the molecule is COc1ccc(OCC(=O)N2CCCC(c3cc4cccnc4c(=O)[nH]3)C2)cc1. The molecule has 4 rings (SSSR count). The van der Waals surface area contributed by atoms with E-state index in [4.69, 9.17) is 9.47 Å². The summed E-state index contributed by atoms with van der Waals surface area (Å²) < 4.78 is 10.7. The quantitative estimate of drug-likeness (QED) is 0.721. The molecule has 1 unspecified atom stereocenters. The number of methoxy groups -OCH3 is 1. The maximum atomic E-state index is 12.6. The van der Waals surface area contributed by atoms with Crippen LogP contribution in [0, 0.1) is 0 Å². The first-order valence-corrected chi connectivity index (χ1v) is 9.66. The van der Waals surface area contributed by atoms with Gasteiger partial charge in [-0.25, -0.2) is 0 Å². The molecular weight excluding hydrogens is 370 g/mol. The maximum absolute atomic E-state index is 12.6. The van der Waals surface area contributed by atoms with Crippen molar-refractivity contribution in [3.8, 4) is 11.5 Å². The second kappa shape index (κ2) is 8.34. The molecular formula is C22H23N3O4. The fourth-order valence-corrected chi connectivity index (χ4v) is 3.70. The number of amides is 1. The van der Waals surface area contributed by atoms with Crippen LogP contribution in [0.4, 0.5) is 0 Å². The number of aromatic nitrogens is 2. The second-order valence-electron chi connectivity index (χ2n) is 7.14. The van der Waals surface area contributed by atoms with Crippen LogP contribution in [-0.4, -0.2) is 47.6 Å². The molecule has 7 nitrogen and oxygen atoms in total. The molecule has 1 aliphatic rings. The Labute approximate surface area is 168 Å². The lowest BCUT2D eigenvalue weighted by Crippen LogP contribution is -2.42. The summed E-state index contributed by atoms with van der Waals surface area (Å²) in [6.07, 6.45) is 3.41. The number of nitrogens with one attached hydrogen (secondary N) is 1. The minimum atomic E-state index is -0.190. The Bertz CT molecular complexity index is 1060. The molecule has 1 fully saturated rings. The monoisotopic (exact) mass is 393 g/mol. The van der Waals surface area contributed by atoms with E-state index in [-0.39, 0.29) is 24.0 Å². The highest BCUT2D eigenvalue weighted by Gasteiger charge is 2.26. The Hall–Kier alpha value is -3.35. The van der Waals surface area contributed by atoms with Crippen molar-refractivity contribution in [2.75, 3.05) is 26.8 Å². The summed E-state index contributed by atoms with van der Waals surface area (Å²) in [6.45, 7) is 1.24. The van der Waals surface area contributed by atoms with Crippen LogP contribution in [0.15, 0.2) is 53.5 Å². The third-order valence-electron chi connectivity index (χ3n) is 5.26. The number of nitrogens with zero attached hydrogens (tertiary/aromatic N) is 2. The van der Waals surface area contributed by atoms with Crippen LogP contribution < -0.4 is 15.0 Å². The molecule has 3 heterocycles. The minimum absolute atomic E-state index is 0.0167. The number of carbonyl (C=O) groups excluding carboxylic acids is 1. The van der Waals surface area contributed by atoms with E-state index in [0.717, 1.165) is 29.7 Å². The van der Waals surface area contributed by atoms with Crippen LogP contribution in [0.25, 0.3) is 10.9 Å². The molecule has 0 saturated carbocycles. The van der Waals surface area contributed by atoms with E-state index in [1.54, 1.807) is 37.6 Å². The number of likely N-dealkylation sites (tertiary alicyclic amines) is 1. The van der Waals surface area contributed by atoms with Crippen LogP contribution in [0.2, 0.25) is 0 Å². The molecule has 1 saturated heterocycles. The van der Waals surface area contributed by atoms with E-state index in [9.17, 15) is 9.59 Å². The van der Waals surface area contributed by atoms with Crippen molar-refractivity contribution in [2.45, 2.75) is 18.8 Å². The van der Waals surface area contributed by atoms with Gasteiger partial charge in [0.15, 0.2) is 6.61 Å². The lowest BCUT2D eigenvalue weighted by molar-refractivity contribution is -0.134. The van der Waals surface area contributed by atoms with Gasteiger partial charge >= 0.3 is 0 Å². The van der Waals surface area contributed by atoms with Gasteiger partial charge in [-0.15, -0.1) is 0 Å². The van der Waals surface area contributed by atoms with Crippen molar-refractivity contribution in [3.05, 3.63) is 64.7 Å². The van der Waals surface area contributed by atoms with Crippen molar-refractivity contribution < 1.29 is 14.3 Å². The Morgan fingerprint density at radius 2 is 2.03 bits per heavy atom. The van der Waals surface area contributed by atoms with Crippen molar-refractivity contribution >= 4 is 16.8 Å². The molecule has 0 aliphatic carbocycles. The Morgan fingerprint density at radius 1 is 1.24 bits per heavy atom. The summed E-state index contributed by atoms with van der Waals surface area (Å²) in [7, 11) is 1.60. The Kier molecular flexibility index (Phi) is 5.46. The van der Waals surface area contributed by atoms with E-state index in [0.29, 0.717) is 24.4 Å². The van der Waals surface area contributed by atoms with Crippen LogP contribution in [0.5, 0.6) is 11.5 Å². The number of fused-ring (bicyclic) bond motifs is 1. The number of hydrogen-bond acceptors (Lipinski definition) is 5. The topological polar surface area (TPSA) is 84.5 Å². The molecule has 1 atom stereocenters. The smallest absolute Gasteiger partial charge is 0.274 e. The predicted octanol–water partition coefficient (Wildman–Crippen LogP) is 2.72. The Morgan fingerprint density at radius 3 is 2.83 bits per heavy atom. The van der Waals surface area contributed by atoms with Crippen LogP contribution in [-0.2, 0) is 4.79 Å². The first-order chi connectivity index (χ1) is 14.1. The molecule has 150 valence electrons. The maximum Gasteiger partial charge on any atom is 0.274 e. The van der Waals surface area contributed by atoms with Crippen molar-refractivity contribution in [3.63, 3.8) is 0 Å². The number of hydrogen-bond donors (Lipinski definition) is 1. The fraction of sp³-hybridized carbons (Fsp3) is 0.318. The first kappa shape index (κ1) is 19.0. The highest BCUT2D eigenvalue weighted by atomic mass is 16.5. The number of carbonyl (C=O) groups is 1. The van der Waals surface area contributed by atoms with Crippen LogP contribution in [0.3, 0.4) is 0 Å². The number of pyridine rings is 2. The number of ether oxygens (including phenoxy) is 2. The molecule has 0 bridgehead atoms. The summed E-state index contributed by atoms with van der Waals surface area (Å²) in [6, 6.07) is 12.8. The van der Waals surface area contributed by atoms with Gasteiger partial charge in [0.25, 0.3) is 11.5 Å². The number of benzene rings is 1. The second-order valence-corrected chi connectivity index (χ2v) is 7.14. The molecule has 1 N–H and O–H groups in total. The van der Waals surface area contributed by atoms with Crippen molar-refractivity contribution in [1.82, 2.24) is 14.9 Å². The first-order valence-electron chi connectivity index (χ1n) is 9.66. The van der Waals surface area contributed by atoms with E-state index < -0.39 is 0 Å². The van der Waals surface area contributed by atoms with Gasteiger partial charge in [0.1, 0.15) is 17.0 Å². The fourth-order valence-electron chi connectivity index (χ4n) is 3.70. The minimum Gasteiger partial charge on any atom is -0.497 e. The zero-order valence-corrected chi connectivity index (χ0v) is 16.3. The summed E-state index contributed by atoms with van der Waals surface area (Å²) in [4.78, 5) is 33.9. The lowest BCUT2D eigenvalue weighted by Gasteiger charge is -2.32. The lowest BCUT2D eigenvalue weighted by atomic mass is 9.93. The number of aromatic amines is 1. The van der Waals surface area contributed by atoms with E-state index >= 15 is 0 Å². The molecule has 1 aromatic carbocycles. The molecule has 7 heteroatoms. The largest absolute Gasteiger partial charge is 0.497 e. The van der Waals surface area contributed by atoms with E-state index in [2.05, 4.69) is 9.97 Å². The van der Waals surface area contributed by atoms with Crippen molar-refractivity contribution in [1.29, 1.82) is 0 Å². The molecule has 29 heavy (non-hydrogen) atoms. The zero-order chi connectivity index (χ0) is 20.2. The standard InChI is InChI=1S/C22H23N3O4/c1-28-17-6-8-18(9-7-17)29-14-20(26)25-11-3-5-16(13-25)19-12-15-4-2-10-23-21(15)22(27)24-19/h2,4,6-10,12,16H,3,5,11,13-14H2,1H3,(H,24,27). The summed E-state index contributed by atoms with van der Waals surface area (Å²) in [5.74, 6) is 1.39. The third-order valence-corrected chi connectivity index (χ3v) is 5.26. The van der Waals surface area contributed by atoms with Gasteiger partial charge in [-0.05, 0) is 49.2 Å². The zero-order valence-electron chi connectivity index (χ0n) is 16.3. The van der Waals surface area contributed by atoms with Gasteiger partial charge in [0.2, 0.25) is 0 Å². The summed E-state index contributed by atoms with van der Waals surface area (Å²) in [5, 5.41) is 0.817. The van der Waals surface area contributed by atoms with Gasteiger partial charge in [-0.1, -0.05) is 6.07 Å². The Balaban J connectivity index is 1.42. The number of H-pyrrole nitrogens is 1. The van der Waals surface area contributed by atoms with Crippen LogP contribution in [0.1, 0.15) is 24.5 Å². The van der Waals surface area contributed by atoms with E-state index in [1.165, 1.54) is 0 Å².